The summed E-state index contributed by atoms with van der Waals surface area (Å²) in [6, 6.07) is 6.65. The SMILES string of the molecule is O=C(O)c1ccccc1CN1CCOC1=O. The summed E-state index contributed by atoms with van der Waals surface area (Å²) in [5, 5.41) is 8.97. The van der Waals surface area contributed by atoms with Gasteiger partial charge in [-0.1, -0.05) is 18.2 Å². The molecule has 0 unspecified atom stereocenters. The highest BCUT2D eigenvalue weighted by Crippen LogP contribution is 2.14. The van der Waals surface area contributed by atoms with Crippen molar-refractivity contribution < 1.29 is 19.4 Å². The molecule has 0 atom stereocenters. The van der Waals surface area contributed by atoms with Crippen molar-refractivity contribution in [2.45, 2.75) is 6.54 Å². The van der Waals surface area contributed by atoms with Gasteiger partial charge in [0, 0.05) is 6.54 Å². The van der Waals surface area contributed by atoms with Gasteiger partial charge in [-0.2, -0.15) is 0 Å². The quantitative estimate of drug-likeness (QED) is 0.836. The van der Waals surface area contributed by atoms with Crippen molar-refractivity contribution in [2.75, 3.05) is 13.2 Å². The molecule has 1 N–H and O–H groups in total. The molecule has 2 rings (SSSR count). The van der Waals surface area contributed by atoms with Gasteiger partial charge in [0.05, 0.1) is 12.1 Å². The lowest BCUT2D eigenvalue weighted by Gasteiger charge is -2.13. The van der Waals surface area contributed by atoms with Crippen molar-refractivity contribution in [3.63, 3.8) is 0 Å². The summed E-state index contributed by atoms with van der Waals surface area (Å²) >= 11 is 0. The van der Waals surface area contributed by atoms with Crippen LogP contribution in [0.1, 0.15) is 15.9 Å². The Morgan fingerprint density at radius 1 is 1.44 bits per heavy atom. The van der Waals surface area contributed by atoms with Crippen LogP contribution in [0.5, 0.6) is 0 Å². The van der Waals surface area contributed by atoms with Gasteiger partial charge in [-0.05, 0) is 11.6 Å². The third-order valence-electron chi connectivity index (χ3n) is 2.45. The lowest BCUT2D eigenvalue weighted by Crippen LogP contribution is -2.24. The monoisotopic (exact) mass is 221 g/mol. The number of carbonyl (C=O) groups excluding carboxylic acids is 1. The zero-order chi connectivity index (χ0) is 11.5. The first-order valence-electron chi connectivity index (χ1n) is 4.91. The van der Waals surface area contributed by atoms with Crippen LogP contribution in [0, 0.1) is 0 Å². The topological polar surface area (TPSA) is 66.8 Å². The number of hydrogen-bond acceptors (Lipinski definition) is 3. The number of aromatic carboxylic acids is 1. The number of benzene rings is 1. The minimum atomic E-state index is -0.983. The molecule has 0 aliphatic carbocycles. The molecule has 0 spiro atoms. The van der Waals surface area contributed by atoms with E-state index in [-0.39, 0.29) is 18.2 Å². The normalized spacial score (nSPS) is 15.0. The standard InChI is InChI=1S/C11H11NO4/c13-10(14)9-4-2-1-3-8(9)7-12-5-6-16-11(12)15/h1-4H,5-7H2,(H,13,14). The number of hydrogen-bond donors (Lipinski definition) is 1. The molecule has 1 heterocycles. The molecule has 1 amide bonds. The molecule has 5 heteroatoms. The van der Waals surface area contributed by atoms with Crippen molar-refractivity contribution in [1.82, 2.24) is 4.90 Å². The lowest BCUT2D eigenvalue weighted by atomic mass is 10.1. The van der Waals surface area contributed by atoms with Gasteiger partial charge in [-0.3, -0.25) is 0 Å². The minimum Gasteiger partial charge on any atom is -0.478 e. The highest BCUT2D eigenvalue weighted by Gasteiger charge is 2.23. The fraction of sp³-hybridized carbons (Fsp3) is 0.273. The van der Waals surface area contributed by atoms with E-state index >= 15 is 0 Å². The first kappa shape index (κ1) is 10.5. The first-order chi connectivity index (χ1) is 7.68. The van der Waals surface area contributed by atoms with E-state index in [1.165, 1.54) is 11.0 Å². The Kier molecular flexibility index (Phi) is 2.76. The molecule has 1 aromatic rings. The Bertz CT molecular complexity index is 430. The largest absolute Gasteiger partial charge is 0.478 e. The maximum atomic E-state index is 11.2. The highest BCUT2D eigenvalue weighted by molar-refractivity contribution is 5.89. The molecule has 1 fully saturated rings. The lowest BCUT2D eigenvalue weighted by molar-refractivity contribution is 0.0694. The Labute approximate surface area is 92.2 Å². The molecule has 1 aromatic carbocycles. The molecule has 5 nitrogen and oxygen atoms in total. The molecule has 0 bridgehead atoms. The summed E-state index contributed by atoms with van der Waals surface area (Å²) in [5.41, 5.74) is 0.844. The number of cyclic esters (lactones) is 1. The molecule has 0 radical (unpaired) electrons. The maximum absolute atomic E-state index is 11.2. The molecule has 1 saturated heterocycles. The second kappa shape index (κ2) is 4.22. The van der Waals surface area contributed by atoms with Gasteiger partial charge in [-0.25, -0.2) is 9.59 Å². The van der Waals surface area contributed by atoms with Crippen molar-refractivity contribution in [1.29, 1.82) is 0 Å². The number of carbonyl (C=O) groups is 2. The minimum absolute atomic E-state index is 0.224. The van der Waals surface area contributed by atoms with Crippen LogP contribution in [-0.2, 0) is 11.3 Å². The predicted octanol–water partition coefficient (Wildman–Crippen LogP) is 1.34. The Hall–Kier alpha value is -2.04. The summed E-state index contributed by atoms with van der Waals surface area (Å²) in [5.74, 6) is -0.983. The number of nitrogens with zero attached hydrogens (tertiary/aromatic N) is 1. The van der Waals surface area contributed by atoms with Crippen molar-refractivity contribution >= 4 is 12.1 Å². The molecule has 16 heavy (non-hydrogen) atoms. The van der Waals surface area contributed by atoms with E-state index in [0.29, 0.717) is 18.7 Å². The second-order valence-electron chi connectivity index (χ2n) is 3.50. The molecule has 1 aliphatic rings. The van der Waals surface area contributed by atoms with Crippen LogP contribution in [0.4, 0.5) is 4.79 Å². The van der Waals surface area contributed by atoms with Crippen LogP contribution in [0.2, 0.25) is 0 Å². The summed E-state index contributed by atoms with van der Waals surface area (Å²) < 4.78 is 4.78. The summed E-state index contributed by atoms with van der Waals surface area (Å²) in [7, 11) is 0. The second-order valence-corrected chi connectivity index (χ2v) is 3.50. The third-order valence-corrected chi connectivity index (χ3v) is 2.45. The van der Waals surface area contributed by atoms with Gasteiger partial charge >= 0.3 is 12.1 Å². The predicted molar refractivity (Wildman–Crippen MR) is 55.2 cm³/mol. The van der Waals surface area contributed by atoms with Crippen LogP contribution in [0.25, 0.3) is 0 Å². The van der Waals surface area contributed by atoms with E-state index < -0.39 is 5.97 Å². The van der Waals surface area contributed by atoms with E-state index in [1.807, 2.05) is 0 Å². The smallest absolute Gasteiger partial charge is 0.410 e. The van der Waals surface area contributed by atoms with Gasteiger partial charge < -0.3 is 14.7 Å². The molecule has 84 valence electrons. The molecule has 0 aromatic heterocycles. The van der Waals surface area contributed by atoms with Crippen molar-refractivity contribution in [3.05, 3.63) is 35.4 Å². The van der Waals surface area contributed by atoms with Crippen molar-refractivity contribution in [3.8, 4) is 0 Å². The summed E-state index contributed by atoms with van der Waals surface area (Å²) in [4.78, 5) is 23.6. The number of amides is 1. The number of rotatable bonds is 3. The van der Waals surface area contributed by atoms with Crippen LogP contribution >= 0.6 is 0 Å². The molecular formula is C11H11NO4. The van der Waals surface area contributed by atoms with Gasteiger partial charge in [-0.15, -0.1) is 0 Å². The first-order valence-corrected chi connectivity index (χ1v) is 4.91. The van der Waals surface area contributed by atoms with E-state index in [1.54, 1.807) is 18.2 Å². The van der Waals surface area contributed by atoms with Crippen molar-refractivity contribution in [2.24, 2.45) is 0 Å². The van der Waals surface area contributed by atoms with E-state index in [2.05, 4.69) is 0 Å². The Morgan fingerprint density at radius 2 is 2.19 bits per heavy atom. The van der Waals surface area contributed by atoms with E-state index in [0.717, 1.165) is 0 Å². The van der Waals surface area contributed by atoms with Gasteiger partial charge in [0.15, 0.2) is 0 Å². The average Bonchev–Trinajstić information content (AvgIpc) is 2.65. The third kappa shape index (κ3) is 1.98. The van der Waals surface area contributed by atoms with Crippen LogP contribution in [0.3, 0.4) is 0 Å². The van der Waals surface area contributed by atoms with Crippen LogP contribution < -0.4 is 0 Å². The zero-order valence-corrected chi connectivity index (χ0v) is 8.55. The molecule has 0 saturated carbocycles. The summed E-state index contributed by atoms with van der Waals surface area (Å²) in [6.45, 7) is 1.15. The maximum Gasteiger partial charge on any atom is 0.410 e. The number of ether oxygens (including phenoxy) is 1. The van der Waals surface area contributed by atoms with Gasteiger partial charge in [0.25, 0.3) is 0 Å². The average molecular weight is 221 g/mol. The number of carboxylic acids is 1. The van der Waals surface area contributed by atoms with E-state index in [4.69, 9.17) is 9.84 Å². The zero-order valence-electron chi connectivity index (χ0n) is 8.55. The fourth-order valence-electron chi connectivity index (χ4n) is 1.64. The molecule has 1 aliphatic heterocycles. The summed E-state index contributed by atoms with van der Waals surface area (Å²) in [6.07, 6.45) is -0.389. The van der Waals surface area contributed by atoms with Gasteiger partial charge in [0.1, 0.15) is 6.61 Å². The number of carboxylic acid groups (broad SMARTS) is 1. The highest BCUT2D eigenvalue weighted by atomic mass is 16.6. The fourth-order valence-corrected chi connectivity index (χ4v) is 1.64. The van der Waals surface area contributed by atoms with Gasteiger partial charge in [0.2, 0.25) is 0 Å². The van der Waals surface area contributed by atoms with Crippen LogP contribution in [-0.4, -0.2) is 35.2 Å². The Morgan fingerprint density at radius 3 is 2.81 bits per heavy atom. The molecular weight excluding hydrogens is 210 g/mol. The Balaban J connectivity index is 2.20. The van der Waals surface area contributed by atoms with Crippen LogP contribution in [0.15, 0.2) is 24.3 Å². The van der Waals surface area contributed by atoms with E-state index in [9.17, 15) is 9.59 Å².